The molecule has 0 bridgehead atoms. The number of thioether (sulfide) groups is 1. The number of nitrogens with one attached hydrogen (secondary N) is 1. The molecule has 1 unspecified atom stereocenters. The van der Waals surface area contributed by atoms with Gasteiger partial charge in [-0.05, 0) is 30.2 Å². The van der Waals surface area contributed by atoms with Crippen LogP contribution in [0.1, 0.15) is 19.1 Å². The van der Waals surface area contributed by atoms with Crippen LogP contribution in [0.15, 0.2) is 16.5 Å². The molecule has 84 valence electrons. The third kappa shape index (κ3) is 3.77. The Morgan fingerprint density at radius 3 is 2.93 bits per heavy atom. The van der Waals surface area contributed by atoms with Gasteiger partial charge in [-0.3, -0.25) is 10.2 Å². The molecule has 0 aliphatic carbocycles. The summed E-state index contributed by atoms with van der Waals surface area (Å²) in [4.78, 5) is 11.3. The maximum Gasteiger partial charge on any atom is 0.246 e. The molecule has 3 N–H and O–H groups in total. The Hall–Kier alpha value is -0.650. The maximum atomic E-state index is 11.3. The van der Waals surface area contributed by atoms with Crippen molar-refractivity contribution >= 4 is 29.3 Å². The molecule has 0 spiro atoms. The number of amides is 1. The van der Waals surface area contributed by atoms with Gasteiger partial charge in [0.15, 0.2) is 5.22 Å². The minimum absolute atomic E-state index is 0.154. The molecule has 0 saturated heterocycles. The van der Waals surface area contributed by atoms with E-state index in [1.54, 1.807) is 12.1 Å². The molecule has 1 heterocycles. The van der Waals surface area contributed by atoms with Gasteiger partial charge in [-0.15, -0.1) is 11.8 Å². The number of furan rings is 1. The Balaban J connectivity index is 2.44. The highest BCUT2D eigenvalue weighted by molar-refractivity contribution is 7.99. The summed E-state index contributed by atoms with van der Waals surface area (Å²) in [6.45, 7) is 1.93. The predicted molar refractivity (Wildman–Crippen MR) is 61.4 cm³/mol. The third-order valence-electron chi connectivity index (χ3n) is 1.86. The van der Waals surface area contributed by atoms with Gasteiger partial charge in [-0.2, -0.15) is 0 Å². The van der Waals surface area contributed by atoms with E-state index in [2.05, 4.69) is 5.43 Å². The van der Waals surface area contributed by atoms with Gasteiger partial charge >= 0.3 is 0 Å². The summed E-state index contributed by atoms with van der Waals surface area (Å²) in [5, 5.41) is 0.209. The molecule has 1 aromatic rings. The normalized spacial score (nSPS) is 12.5. The number of halogens is 1. The van der Waals surface area contributed by atoms with Crippen LogP contribution in [-0.2, 0) is 10.5 Å². The maximum absolute atomic E-state index is 11.3. The van der Waals surface area contributed by atoms with Crippen molar-refractivity contribution in [2.24, 2.45) is 5.84 Å². The van der Waals surface area contributed by atoms with Crippen LogP contribution in [0, 0.1) is 0 Å². The molecule has 6 heteroatoms. The van der Waals surface area contributed by atoms with E-state index in [1.807, 2.05) is 6.92 Å². The average molecular weight is 249 g/mol. The zero-order chi connectivity index (χ0) is 11.3. The first kappa shape index (κ1) is 12.4. The predicted octanol–water partition coefficient (Wildman–Crippen LogP) is 1.93. The summed E-state index contributed by atoms with van der Waals surface area (Å²) >= 11 is 7.10. The van der Waals surface area contributed by atoms with Gasteiger partial charge in [0.25, 0.3) is 0 Å². The Bertz CT molecular complexity index is 330. The summed E-state index contributed by atoms with van der Waals surface area (Å²) < 4.78 is 5.17. The van der Waals surface area contributed by atoms with Gasteiger partial charge in [-0.25, -0.2) is 5.84 Å². The number of hydrazine groups is 1. The van der Waals surface area contributed by atoms with Crippen molar-refractivity contribution in [2.45, 2.75) is 24.3 Å². The molecule has 1 rings (SSSR count). The highest BCUT2D eigenvalue weighted by atomic mass is 35.5. The van der Waals surface area contributed by atoms with Crippen LogP contribution in [0.5, 0.6) is 0 Å². The smallest absolute Gasteiger partial charge is 0.246 e. The number of nitrogens with two attached hydrogens (primary N) is 1. The van der Waals surface area contributed by atoms with E-state index in [4.69, 9.17) is 21.9 Å². The average Bonchev–Trinajstić information content (AvgIpc) is 2.64. The van der Waals surface area contributed by atoms with E-state index in [0.29, 0.717) is 11.0 Å². The molecule has 0 aliphatic heterocycles. The van der Waals surface area contributed by atoms with Crippen LogP contribution in [0.4, 0.5) is 0 Å². The summed E-state index contributed by atoms with van der Waals surface area (Å²) in [7, 11) is 0. The summed E-state index contributed by atoms with van der Waals surface area (Å²) in [5.74, 6) is 6.27. The fourth-order valence-corrected chi connectivity index (χ4v) is 2.22. The summed E-state index contributed by atoms with van der Waals surface area (Å²) in [6, 6.07) is 3.48. The molecule has 0 aliphatic rings. The fraction of sp³-hybridized carbons (Fsp3) is 0.444. The van der Waals surface area contributed by atoms with Gasteiger partial charge in [0, 0.05) is 0 Å². The largest absolute Gasteiger partial charge is 0.449 e. The number of hydrogen-bond donors (Lipinski definition) is 2. The molecular weight excluding hydrogens is 236 g/mol. The second-order valence-corrected chi connectivity index (χ2v) is 4.49. The van der Waals surface area contributed by atoms with Crippen molar-refractivity contribution in [3.63, 3.8) is 0 Å². The van der Waals surface area contributed by atoms with Crippen LogP contribution < -0.4 is 11.3 Å². The number of carbonyl (C=O) groups excluding carboxylic acids is 1. The Morgan fingerprint density at radius 2 is 2.47 bits per heavy atom. The molecule has 0 aromatic carbocycles. The summed E-state index contributed by atoms with van der Waals surface area (Å²) in [6.07, 6.45) is 0.724. The molecule has 15 heavy (non-hydrogen) atoms. The van der Waals surface area contributed by atoms with Crippen molar-refractivity contribution in [1.29, 1.82) is 0 Å². The lowest BCUT2D eigenvalue weighted by atomic mass is 10.3. The molecule has 0 saturated carbocycles. The third-order valence-corrected chi connectivity index (χ3v) is 3.47. The summed E-state index contributed by atoms with van der Waals surface area (Å²) in [5.41, 5.74) is 2.14. The molecule has 1 atom stereocenters. The highest BCUT2D eigenvalue weighted by Crippen LogP contribution is 2.23. The first-order chi connectivity index (χ1) is 7.17. The van der Waals surface area contributed by atoms with Crippen molar-refractivity contribution in [2.75, 3.05) is 0 Å². The van der Waals surface area contributed by atoms with E-state index < -0.39 is 0 Å². The Labute approximate surface area is 97.5 Å². The van der Waals surface area contributed by atoms with Crippen LogP contribution in [0.25, 0.3) is 0 Å². The highest BCUT2D eigenvalue weighted by Gasteiger charge is 2.16. The number of carbonyl (C=O) groups is 1. The molecule has 1 aromatic heterocycles. The van der Waals surface area contributed by atoms with Gasteiger partial charge in [-0.1, -0.05) is 6.92 Å². The first-order valence-corrected chi connectivity index (χ1v) is 5.96. The quantitative estimate of drug-likeness (QED) is 0.475. The zero-order valence-corrected chi connectivity index (χ0v) is 9.90. The Morgan fingerprint density at radius 1 is 1.73 bits per heavy atom. The second kappa shape index (κ2) is 6.05. The van der Waals surface area contributed by atoms with Crippen molar-refractivity contribution in [3.05, 3.63) is 23.1 Å². The standard InChI is InChI=1S/C9H13ClN2O2S/c1-2-7(9(13)12-11)15-5-6-3-4-8(10)14-6/h3-4,7H,2,5,11H2,1H3,(H,12,13). The van der Waals surface area contributed by atoms with E-state index in [0.717, 1.165) is 12.2 Å². The minimum Gasteiger partial charge on any atom is -0.449 e. The first-order valence-electron chi connectivity index (χ1n) is 4.53. The fourth-order valence-electron chi connectivity index (χ4n) is 1.08. The van der Waals surface area contributed by atoms with Crippen LogP contribution >= 0.6 is 23.4 Å². The molecule has 4 nitrogen and oxygen atoms in total. The van der Waals surface area contributed by atoms with Crippen LogP contribution in [-0.4, -0.2) is 11.2 Å². The minimum atomic E-state index is -0.167. The van der Waals surface area contributed by atoms with Gasteiger partial charge in [0.1, 0.15) is 5.76 Å². The molecule has 1 amide bonds. The van der Waals surface area contributed by atoms with Gasteiger partial charge < -0.3 is 4.42 Å². The number of rotatable bonds is 5. The van der Waals surface area contributed by atoms with E-state index >= 15 is 0 Å². The molecule has 0 radical (unpaired) electrons. The lowest BCUT2D eigenvalue weighted by molar-refractivity contribution is -0.120. The van der Waals surface area contributed by atoms with Crippen LogP contribution in [0.2, 0.25) is 5.22 Å². The Kier molecular flexibility index (Phi) is 5.01. The van der Waals surface area contributed by atoms with Gasteiger partial charge in [0.05, 0.1) is 11.0 Å². The second-order valence-electron chi connectivity index (χ2n) is 2.92. The van der Waals surface area contributed by atoms with Crippen LogP contribution in [0.3, 0.4) is 0 Å². The SMILES string of the molecule is CCC(SCc1ccc(Cl)o1)C(=O)NN. The zero-order valence-electron chi connectivity index (χ0n) is 8.33. The monoisotopic (exact) mass is 248 g/mol. The molecular formula is C9H13ClN2O2S. The lowest BCUT2D eigenvalue weighted by Gasteiger charge is -2.11. The van der Waals surface area contributed by atoms with E-state index in [1.165, 1.54) is 11.8 Å². The van der Waals surface area contributed by atoms with E-state index in [9.17, 15) is 4.79 Å². The van der Waals surface area contributed by atoms with Crippen molar-refractivity contribution in [1.82, 2.24) is 5.43 Å². The van der Waals surface area contributed by atoms with Gasteiger partial charge in [0.2, 0.25) is 5.91 Å². The van der Waals surface area contributed by atoms with Crippen molar-refractivity contribution in [3.8, 4) is 0 Å². The van der Waals surface area contributed by atoms with Crippen molar-refractivity contribution < 1.29 is 9.21 Å². The molecule has 0 fully saturated rings. The lowest BCUT2D eigenvalue weighted by Crippen LogP contribution is -2.37. The number of hydrogen-bond acceptors (Lipinski definition) is 4. The topological polar surface area (TPSA) is 68.3 Å². The van der Waals surface area contributed by atoms with E-state index in [-0.39, 0.29) is 11.2 Å².